The van der Waals surface area contributed by atoms with Gasteiger partial charge < -0.3 is 10.6 Å². The molecule has 0 unspecified atom stereocenters. The Bertz CT molecular complexity index is 402. The van der Waals surface area contributed by atoms with Crippen molar-refractivity contribution >= 4 is 29.7 Å². The lowest BCUT2D eigenvalue weighted by Gasteiger charge is -2.10. The topological polar surface area (TPSA) is 54.0 Å². The molecule has 0 spiro atoms. The molecule has 1 aromatic rings. The van der Waals surface area contributed by atoms with Gasteiger partial charge in [-0.15, -0.1) is 23.7 Å². The smallest absolute Gasteiger partial charge is 0.237 e. The average molecular weight is 290 g/mol. The Kier molecular flexibility index (Phi) is 6.05. The molecule has 1 saturated heterocycles. The van der Waals surface area contributed by atoms with E-state index in [2.05, 4.69) is 15.6 Å². The Morgan fingerprint density at radius 1 is 1.56 bits per heavy atom. The second-order valence-electron chi connectivity index (χ2n) is 4.43. The number of carbonyl (C=O) groups is 1. The van der Waals surface area contributed by atoms with Gasteiger partial charge in [0.05, 0.1) is 16.7 Å². The van der Waals surface area contributed by atoms with Crippen molar-refractivity contribution in [2.75, 3.05) is 13.1 Å². The van der Waals surface area contributed by atoms with Crippen LogP contribution in [0.25, 0.3) is 0 Å². The van der Waals surface area contributed by atoms with Gasteiger partial charge in [0, 0.05) is 17.8 Å². The maximum atomic E-state index is 11.7. The Labute approximate surface area is 118 Å². The van der Waals surface area contributed by atoms with Gasteiger partial charge in [0.15, 0.2) is 0 Å². The number of aromatic nitrogens is 1. The molecule has 4 nitrogen and oxygen atoms in total. The minimum Gasteiger partial charge on any atom is -0.354 e. The van der Waals surface area contributed by atoms with Crippen LogP contribution in [0, 0.1) is 13.8 Å². The number of aryl methyl sites for hydroxylation is 2. The summed E-state index contributed by atoms with van der Waals surface area (Å²) < 4.78 is 0. The van der Waals surface area contributed by atoms with Crippen LogP contribution >= 0.6 is 23.7 Å². The zero-order valence-corrected chi connectivity index (χ0v) is 12.4. The first-order chi connectivity index (χ1) is 8.16. The summed E-state index contributed by atoms with van der Waals surface area (Å²) in [6.45, 7) is 5.71. The summed E-state index contributed by atoms with van der Waals surface area (Å²) in [6.07, 6.45) is 2.95. The molecule has 1 aliphatic rings. The molecule has 0 aliphatic carbocycles. The average Bonchev–Trinajstić information content (AvgIpc) is 2.89. The second-order valence-corrected chi connectivity index (χ2v) is 5.72. The van der Waals surface area contributed by atoms with Crippen LogP contribution in [-0.4, -0.2) is 30.0 Å². The number of hydrogen-bond donors (Lipinski definition) is 2. The summed E-state index contributed by atoms with van der Waals surface area (Å²) in [5, 5.41) is 7.28. The molecule has 6 heteroatoms. The molecule has 1 atom stereocenters. The van der Waals surface area contributed by atoms with E-state index < -0.39 is 0 Å². The molecule has 2 N–H and O–H groups in total. The van der Waals surface area contributed by atoms with Crippen LogP contribution in [0.5, 0.6) is 0 Å². The Balaban J connectivity index is 0.00000162. The number of rotatable bonds is 4. The molecule has 0 saturated carbocycles. The maximum absolute atomic E-state index is 11.7. The highest BCUT2D eigenvalue weighted by molar-refractivity contribution is 7.11. The zero-order valence-electron chi connectivity index (χ0n) is 10.8. The van der Waals surface area contributed by atoms with Crippen molar-refractivity contribution in [2.24, 2.45) is 0 Å². The van der Waals surface area contributed by atoms with Crippen molar-refractivity contribution in [1.82, 2.24) is 15.6 Å². The Morgan fingerprint density at radius 2 is 2.33 bits per heavy atom. The number of amides is 1. The number of thiazole rings is 1. The van der Waals surface area contributed by atoms with Crippen molar-refractivity contribution in [1.29, 1.82) is 0 Å². The van der Waals surface area contributed by atoms with Crippen LogP contribution < -0.4 is 10.6 Å². The highest BCUT2D eigenvalue weighted by Gasteiger charge is 2.21. The van der Waals surface area contributed by atoms with Crippen LogP contribution in [0.15, 0.2) is 0 Å². The standard InChI is InChI=1S/C12H19N3OS.ClH/c1-8-11(17-9(2)15-8)5-7-14-12(16)10-4-3-6-13-10;/h10,13H,3-7H2,1-2H3,(H,14,16);1H/t10-;/m0./s1. The Hall–Kier alpha value is -0.650. The third-order valence-electron chi connectivity index (χ3n) is 3.03. The minimum atomic E-state index is 0. The van der Waals surface area contributed by atoms with Crippen molar-refractivity contribution in [2.45, 2.75) is 39.2 Å². The first kappa shape index (κ1) is 15.4. The number of halogens is 1. The van der Waals surface area contributed by atoms with Crippen molar-refractivity contribution in [3.05, 3.63) is 15.6 Å². The second kappa shape index (κ2) is 7.07. The lowest BCUT2D eigenvalue weighted by molar-refractivity contribution is -0.122. The van der Waals surface area contributed by atoms with Gasteiger partial charge in [-0.25, -0.2) is 4.98 Å². The van der Waals surface area contributed by atoms with Gasteiger partial charge in [0.25, 0.3) is 0 Å². The molecule has 102 valence electrons. The molecular formula is C12H20ClN3OS. The van der Waals surface area contributed by atoms with E-state index in [9.17, 15) is 4.79 Å². The van der Waals surface area contributed by atoms with E-state index in [4.69, 9.17) is 0 Å². The van der Waals surface area contributed by atoms with Crippen LogP contribution in [0.1, 0.15) is 28.4 Å². The van der Waals surface area contributed by atoms with E-state index in [1.165, 1.54) is 4.88 Å². The monoisotopic (exact) mass is 289 g/mol. The SMILES string of the molecule is Cc1nc(C)c(CCNC(=O)[C@@H]2CCCN2)s1.Cl. The summed E-state index contributed by atoms with van der Waals surface area (Å²) >= 11 is 1.72. The van der Waals surface area contributed by atoms with E-state index in [0.717, 1.165) is 36.5 Å². The molecule has 0 radical (unpaired) electrons. The summed E-state index contributed by atoms with van der Waals surface area (Å²) in [7, 11) is 0. The van der Waals surface area contributed by atoms with E-state index in [1.54, 1.807) is 11.3 Å². The molecule has 1 aromatic heterocycles. The van der Waals surface area contributed by atoms with Gasteiger partial charge in [-0.3, -0.25) is 4.79 Å². The van der Waals surface area contributed by atoms with Gasteiger partial charge in [-0.05, 0) is 33.2 Å². The highest BCUT2D eigenvalue weighted by atomic mass is 35.5. The normalized spacial score (nSPS) is 18.4. The molecule has 2 heterocycles. The molecular weight excluding hydrogens is 270 g/mol. The highest BCUT2D eigenvalue weighted by Crippen LogP contribution is 2.17. The van der Waals surface area contributed by atoms with Gasteiger partial charge in [-0.2, -0.15) is 0 Å². The third kappa shape index (κ3) is 3.93. The first-order valence-electron chi connectivity index (χ1n) is 6.11. The predicted molar refractivity (Wildman–Crippen MR) is 76.6 cm³/mol. The molecule has 0 bridgehead atoms. The fraction of sp³-hybridized carbons (Fsp3) is 0.667. The van der Waals surface area contributed by atoms with Gasteiger partial charge in [0.2, 0.25) is 5.91 Å². The quantitative estimate of drug-likeness (QED) is 0.885. The van der Waals surface area contributed by atoms with Crippen LogP contribution in [0.4, 0.5) is 0 Å². The first-order valence-corrected chi connectivity index (χ1v) is 6.92. The summed E-state index contributed by atoms with van der Waals surface area (Å²) in [6, 6.07) is 0.0271. The Morgan fingerprint density at radius 3 is 2.89 bits per heavy atom. The lowest BCUT2D eigenvalue weighted by Crippen LogP contribution is -2.41. The molecule has 2 rings (SSSR count). The van der Waals surface area contributed by atoms with Crippen LogP contribution in [-0.2, 0) is 11.2 Å². The minimum absolute atomic E-state index is 0. The molecule has 18 heavy (non-hydrogen) atoms. The molecule has 1 amide bonds. The van der Waals surface area contributed by atoms with E-state index in [-0.39, 0.29) is 24.4 Å². The lowest BCUT2D eigenvalue weighted by atomic mass is 10.2. The number of hydrogen-bond acceptors (Lipinski definition) is 4. The van der Waals surface area contributed by atoms with Gasteiger partial charge in [-0.1, -0.05) is 0 Å². The summed E-state index contributed by atoms with van der Waals surface area (Å²) in [5.74, 6) is 0.140. The van der Waals surface area contributed by atoms with E-state index >= 15 is 0 Å². The van der Waals surface area contributed by atoms with E-state index in [0.29, 0.717) is 6.54 Å². The third-order valence-corrected chi connectivity index (χ3v) is 4.16. The molecule has 1 aliphatic heterocycles. The van der Waals surface area contributed by atoms with Gasteiger partial charge in [0.1, 0.15) is 0 Å². The fourth-order valence-corrected chi connectivity index (χ4v) is 3.07. The molecule has 0 aromatic carbocycles. The molecule has 1 fully saturated rings. The van der Waals surface area contributed by atoms with Gasteiger partial charge >= 0.3 is 0 Å². The number of nitrogens with zero attached hydrogens (tertiary/aromatic N) is 1. The number of nitrogens with one attached hydrogen (secondary N) is 2. The van der Waals surface area contributed by atoms with Crippen LogP contribution in [0.3, 0.4) is 0 Å². The summed E-state index contributed by atoms with van der Waals surface area (Å²) in [5.41, 5.74) is 1.10. The predicted octanol–water partition coefficient (Wildman–Crippen LogP) is 1.59. The largest absolute Gasteiger partial charge is 0.354 e. The van der Waals surface area contributed by atoms with Crippen molar-refractivity contribution in [3.8, 4) is 0 Å². The van der Waals surface area contributed by atoms with E-state index in [1.807, 2.05) is 13.8 Å². The van der Waals surface area contributed by atoms with Crippen molar-refractivity contribution in [3.63, 3.8) is 0 Å². The zero-order chi connectivity index (χ0) is 12.3. The van der Waals surface area contributed by atoms with Crippen LogP contribution in [0.2, 0.25) is 0 Å². The summed E-state index contributed by atoms with van der Waals surface area (Å²) in [4.78, 5) is 17.4. The number of carbonyl (C=O) groups excluding carboxylic acids is 1. The maximum Gasteiger partial charge on any atom is 0.237 e. The fourth-order valence-electron chi connectivity index (χ4n) is 2.14. The van der Waals surface area contributed by atoms with Crippen molar-refractivity contribution < 1.29 is 4.79 Å².